The molecule has 0 spiro atoms. The van der Waals surface area contributed by atoms with Crippen LogP contribution in [0.1, 0.15) is 5.56 Å². The van der Waals surface area contributed by atoms with E-state index >= 15 is 0 Å². The summed E-state index contributed by atoms with van der Waals surface area (Å²) in [5.41, 5.74) is 0.0651. The molecule has 0 saturated carbocycles. The Balaban J connectivity index is 1.97. The van der Waals surface area contributed by atoms with E-state index < -0.39 is 11.7 Å². The normalized spacial score (nSPS) is 19.4. The quantitative estimate of drug-likeness (QED) is 0.911. The Hall–Kier alpha value is -1.83. The third-order valence-corrected chi connectivity index (χ3v) is 3.62. The van der Waals surface area contributed by atoms with E-state index in [1.165, 1.54) is 17.1 Å². The van der Waals surface area contributed by atoms with Crippen LogP contribution in [-0.4, -0.2) is 39.3 Å². The van der Waals surface area contributed by atoms with Crippen LogP contribution in [0.5, 0.6) is 0 Å². The maximum atomic E-state index is 13.4. The molecule has 0 atom stereocenters. The molecule has 5 nitrogen and oxygen atoms in total. The molecule has 0 aliphatic carbocycles. The van der Waals surface area contributed by atoms with Gasteiger partial charge in [0, 0.05) is 31.9 Å². The Kier molecular flexibility index (Phi) is 3.71. The second-order valence-electron chi connectivity index (χ2n) is 5.01. The van der Waals surface area contributed by atoms with Crippen molar-refractivity contribution in [1.29, 1.82) is 0 Å². The van der Waals surface area contributed by atoms with E-state index in [1.54, 1.807) is 11.0 Å². The molecule has 1 aromatic rings. The Bertz CT molecular complexity index is 537. The number of halogens is 3. The number of hydrogen-bond acceptors (Lipinski definition) is 5. The van der Waals surface area contributed by atoms with Gasteiger partial charge in [-0.25, -0.2) is 5.01 Å². The van der Waals surface area contributed by atoms with E-state index in [9.17, 15) is 13.2 Å². The smallest absolute Gasteiger partial charge is 0.368 e. The molecule has 114 valence electrons. The lowest BCUT2D eigenvalue weighted by Gasteiger charge is -2.32. The van der Waals surface area contributed by atoms with Crippen LogP contribution in [0.2, 0.25) is 0 Å². The molecule has 0 aromatic heterocycles. The average Bonchev–Trinajstić information content (AvgIpc) is 3.01. The molecule has 0 unspecified atom stereocenters. The SMILES string of the molecule is FC(F)(F)c1cc(N2CCN=N2)ccc1N1CCNCC1. The molecule has 1 N–H and O–H groups in total. The molecular weight excluding hydrogens is 283 g/mol. The van der Waals surface area contributed by atoms with Crippen LogP contribution in [0.3, 0.4) is 0 Å². The van der Waals surface area contributed by atoms with Gasteiger partial charge >= 0.3 is 6.18 Å². The largest absolute Gasteiger partial charge is 0.418 e. The van der Waals surface area contributed by atoms with Crippen molar-refractivity contribution in [2.24, 2.45) is 10.3 Å². The number of anilines is 2. The Morgan fingerprint density at radius 1 is 1.10 bits per heavy atom. The third-order valence-electron chi connectivity index (χ3n) is 3.62. The second-order valence-corrected chi connectivity index (χ2v) is 5.01. The summed E-state index contributed by atoms with van der Waals surface area (Å²) in [6, 6.07) is 4.38. The molecule has 3 rings (SSSR count). The topological polar surface area (TPSA) is 43.2 Å². The fraction of sp³-hybridized carbons (Fsp3) is 0.538. The summed E-state index contributed by atoms with van der Waals surface area (Å²) in [7, 11) is 0. The molecular formula is C13H16F3N5. The van der Waals surface area contributed by atoms with Gasteiger partial charge in [-0.3, -0.25) is 0 Å². The van der Waals surface area contributed by atoms with Crippen LogP contribution in [0.25, 0.3) is 0 Å². The first-order chi connectivity index (χ1) is 10.1. The lowest BCUT2D eigenvalue weighted by Crippen LogP contribution is -2.44. The molecule has 8 heteroatoms. The van der Waals surface area contributed by atoms with Crippen molar-refractivity contribution in [2.75, 3.05) is 49.2 Å². The summed E-state index contributed by atoms with van der Waals surface area (Å²) in [6.07, 6.45) is -4.38. The zero-order valence-electron chi connectivity index (χ0n) is 11.4. The van der Waals surface area contributed by atoms with Crippen LogP contribution in [0.15, 0.2) is 28.5 Å². The highest BCUT2D eigenvalue weighted by Crippen LogP contribution is 2.39. The van der Waals surface area contributed by atoms with Crippen molar-refractivity contribution in [1.82, 2.24) is 5.32 Å². The first kappa shape index (κ1) is 14.1. The molecule has 1 fully saturated rings. The minimum atomic E-state index is -4.38. The van der Waals surface area contributed by atoms with Crippen LogP contribution in [-0.2, 0) is 6.18 Å². The summed E-state index contributed by atoms with van der Waals surface area (Å²) in [5.74, 6) is 0. The van der Waals surface area contributed by atoms with Gasteiger partial charge in [-0.1, -0.05) is 5.22 Å². The van der Waals surface area contributed by atoms with Crippen LogP contribution in [0.4, 0.5) is 24.5 Å². The van der Waals surface area contributed by atoms with Gasteiger partial charge in [-0.15, -0.1) is 0 Å². The van der Waals surface area contributed by atoms with Gasteiger partial charge in [0.2, 0.25) is 0 Å². The highest BCUT2D eigenvalue weighted by molar-refractivity contribution is 5.63. The predicted octanol–water partition coefficient (Wildman–Crippen LogP) is 2.30. The van der Waals surface area contributed by atoms with Crippen molar-refractivity contribution in [2.45, 2.75) is 6.18 Å². The van der Waals surface area contributed by atoms with E-state index in [1.807, 2.05) is 0 Å². The van der Waals surface area contributed by atoms with E-state index in [0.29, 0.717) is 45.0 Å². The predicted molar refractivity (Wildman–Crippen MR) is 73.6 cm³/mol. The Morgan fingerprint density at radius 3 is 2.48 bits per heavy atom. The minimum absolute atomic E-state index is 0.240. The molecule has 2 heterocycles. The fourth-order valence-corrected chi connectivity index (χ4v) is 2.58. The average molecular weight is 299 g/mol. The Morgan fingerprint density at radius 2 is 1.86 bits per heavy atom. The highest BCUT2D eigenvalue weighted by Gasteiger charge is 2.36. The summed E-state index contributed by atoms with van der Waals surface area (Å²) in [6.45, 7) is 3.57. The van der Waals surface area contributed by atoms with Gasteiger partial charge in [0.05, 0.1) is 24.3 Å². The van der Waals surface area contributed by atoms with Gasteiger partial charge in [-0.05, 0) is 18.2 Å². The minimum Gasteiger partial charge on any atom is -0.368 e. The number of nitrogens with zero attached hydrogens (tertiary/aromatic N) is 4. The summed E-state index contributed by atoms with van der Waals surface area (Å²) in [4.78, 5) is 1.77. The number of alkyl halides is 3. The Labute approximate surface area is 120 Å². The third kappa shape index (κ3) is 2.94. The van der Waals surface area contributed by atoms with Gasteiger partial charge in [-0.2, -0.15) is 18.3 Å². The molecule has 0 bridgehead atoms. The molecule has 1 aromatic carbocycles. The van der Waals surface area contributed by atoms with E-state index in [4.69, 9.17) is 0 Å². The van der Waals surface area contributed by atoms with E-state index in [-0.39, 0.29) is 5.69 Å². The molecule has 21 heavy (non-hydrogen) atoms. The lowest BCUT2D eigenvalue weighted by molar-refractivity contribution is -0.137. The number of rotatable bonds is 2. The van der Waals surface area contributed by atoms with Gasteiger partial charge in [0.25, 0.3) is 0 Å². The van der Waals surface area contributed by atoms with Crippen molar-refractivity contribution in [3.63, 3.8) is 0 Å². The van der Waals surface area contributed by atoms with Crippen molar-refractivity contribution in [3.8, 4) is 0 Å². The van der Waals surface area contributed by atoms with Crippen LogP contribution in [0, 0.1) is 0 Å². The first-order valence-electron chi connectivity index (χ1n) is 6.87. The highest BCUT2D eigenvalue weighted by atomic mass is 19.4. The van der Waals surface area contributed by atoms with E-state index in [2.05, 4.69) is 15.7 Å². The maximum absolute atomic E-state index is 13.4. The second kappa shape index (κ2) is 5.51. The molecule has 2 aliphatic rings. The van der Waals surface area contributed by atoms with Gasteiger partial charge in [0.1, 0.15) is 0 Å². The number of hydrogen-bond donors (Lipinski definition) is 1. The monoisotopic (exact) mass is 299 g/mol. The molecule has 2 aliphatic heterocycles. The maximum Gasteiger partial charge on any atom is 0.418 e. The van der Waals surface area contributed by atoms with Crippen molar-refractivity contribution >= 4 is 11.4 Å². The first-order valence-corrected chi connectivity index (χ1v) is 6.87. The zero-order chi connectivity index (χ0) is 14.9. The summed E-state index contributed by atoms with van der Waals surface area (Å²) in [5, 5.41) is 12.3. The number of nitrogens with one attached hydrogen (secondary N) is 1. The lowest BCUT2D eigenvalue weighted by atomic mass is 10.1. The van der Waals surface area contributed by atoms with Gasteiger partial charge in [0.15, 0.2) is 0 Å². The van der Waals surface area contributed by atoms with E-state index in [0.717, 1.165) is 0 Å². The van der Waals surface area contributed by atoms with Gasteiger partial charge < -0.3 is 10.2 Å². The molecule has 1 saturated heterocycles. The van der Waals surface area contributed by atoms with Crippen LogP contribution >= 0.6 is 0 Å². The zero-order valence-corrected chi connectivity index (χ0v) is 11.4. The van der Waals surface area contributed by atoms with Crippen molar-refractivity contribution < 1.29 is 13.2 Å². The standard InChI is InChI=1S/C13H16F3N5/c14-13(15,16)11-9-10(21-8-5-18-19-21)1-2-12(11)20-6-3-17-4-7-20/h1-2,9,17H,3-8H2. The fourth-order valence-electron chi connectivity index (χ4n) is 2.58. The molecule has 0 amide bonds. The number of piperazine rings is 1. The number of benzene rings is 1. The van der Waals surface area contributed by atoms with Crippen LogP contribution < -0.4 is 15.2 Å². The molecule has 0 radical (unpaired) electrons. The van der Waals surface area contributed by atoms with Crippen molar-refractivity contribution in [3.05, 3.63) is 23.8 Å². The summed E-state index contributed by atoms with van der Waals surface area (Å²) < 4.78 is 40.1. The summed E-state index contributed by atoms with van der Waals surface area (Å²) >= 11 is 0.